The number of phenolic OH excluding ortho intramolecular Hbond substituents is 1. The number of aromatic hydroxyl groups is 1. The maximum atomic E-state index is 16.8. The third-order valence-electron chi connectivity index (χ3n) is 10.4. The van der Waals surface area contributed by atoms with Gasteiger partial charge in [-0.2, -0.15) is 9.97 Å². The molecule has 1 aliphatic carbocycles. The summed E-state index contributed by atoms with van der Waals surface area (Å²) in [6.07, 6.45) is 10.9. The minimum Gasteiger partial charge on any atom is -0.508 e. The molecule has 0 spiro atoms. The van der Waals surface area contributed by atoms with E-state index >= 15 is 4.39 Å². The molecule has 0 radical (unpaired) electrons. The van der Waals surface area contributed by atoms with E-state index in [1.807, 2.05) is 24.5 Å². The van der Waals surface area contributed by atoms with Crippen molar-refractivity contribution in [1.82, 2.24) is 19.9 Å². The van der Waals surface area contributed by atoms with E-state index in [0.29, 0.717) is 35.3 Å². The van der Waals surface area contributed by atoms with Crippen LogP contribution >= 0.6 is 11.8 Å². The first-order chi connectivity index (χ1) is 20.9. The molecule has 5 heterocycles. The van der Waals surface area contributed by atoms with Crippen LogP contribution in [-0.4, -0.2) is 69.5 Å². The maximum Gasteiger partial charge on any atom is 0.319 e. The Balaban J connectivity index is 1.26. The highest BCUT2D eigenvalue weighted by Crippen LogP contribution is 2.44. The molecule has 224 valence electrons. The minimum atomic E-state index is -0.510. The smallest absolute Gasteiger partial charge is 0.319 e. The Kier molecular flexibility index (Phi) is 6.67. The Labute approximate surface area is 255 Å². The fourth-order valence-electron chi connectivity index (χ4n) is 8.65. The second-order valence-electron chi connectivity index (χ2n) is 13.4. The number of piperidine rings is 1. The zero-order valence-corrected chi connectivity index (χ0v) is 25.7. The fourth-order valence-corrected chi connectivity index (χ4v) is 9.30. The highest BCUT2D eigenvalue weighted by atomic mass is 32.2. The van der Waals surface area contributed by atoms with Gasteiger partial charge >= 0.3 is 6.01 Å². The summed E-state index contributed by atoms with van der Waals surface area (Å²) in [4.78, 5) is 20.3. The Morgan fingerprint density at radius 2 is 1.98 bits per heavy atom. The standard InChI is InChI=1S/C34H38FN5O2S/c1-20-14-34(9-4-10-40(34)16-20)19-42-33-37-31-26(32(38-33)39-17-21-7-8-22(11-21)18-39)15-36-30(29(31)35)25-13-24(41)12-23-5-3-6-27(43-2)28(23)25/h3,5-6,12-13,15,20-22,41H,4,7-11,14,16-19H2,1-2H3/t20-,21?,22?,34+/m1/s1. The molecular weight excluding hydrogens is 561 g/mol. The predicted octanol–water partition coefficient (Wildman–Crippen LogP) is 6.90. The number of rotatable bonds is 6. The van der Waals surface area contributed by atoms with Crippen molar-refractivity contribution >= 4 is 39.3 Å². The molecule has 2 bridgehead atoms. The number of anilines is 1. The van der Waals surface area contributed by atoms with Crippen LogP contribution in [0.15, 0.2) is 41.4 Å². The number of hydrogen-bond donors (Lipinski definition) is 1. The largest absolute Gasteiger partial charge is 0.508 e. The highest BCUT2D eigenvalue weighted by molar-refractivity contribution is 7.98. The van der Waals surface area contributed by atoms with Gasteiger partial charge in [0.2, 0.25) is 0 Å². The molecule has 8 rings (SSSR count). The third-order valence-corrected chi connectivity index (χ3v) is 11.2. The number of pyridine rings is 1. The van der Waals surface area contributed by atoms with E-state index in [4.69, 9.17) is 19.7 Å². The summed E-state index contributed by atoms with van der Waals surface area (Å²) in [6, 6.07) is 9.46. The quantitative estimate of drug-likeness (QED) is 0.240. The number of fused-ring (bicyclic) bond motifs is 5. The van der Waals surface area contributed by atoms with Gasteiger partial charge in [0.15, 0.2) is 5.82 Å². The van der Waals surface area contributed by atoms with Crippen molar-refractivity contribution < 1.29 is 14.2 Å². The van der Waals surface area contributed by atoms with Crippen molar-refractivity contribution in [3.8, 4) is 23.0 Å². The van der Waals surface area contributed by atoms with E-state index in [2.05, 4.69) is 16.7 Å². The summed E-state index contributed by atoms with van der Waals surface area (Å²) < 4.78 is 23.3. The van der Waals surface area contributed by atoms with Gasteiger partial charge in [-0.15, -0.1) is 11.8 Å². The molecule has 9 heteroatoms. The van der Waals surface area contributed by atoms with E-state index in [1.54, 1.807) is 30.1 Å². The fraction of sp³-hybridized carbons (Fsp3) is 0.500. The van der Waals surface area contributed by atoms with Gasteiger partial charge in [-0.1, -0.05) is 19.1 Å². The predicted molar refractivity (Wildman–Crippen MR) is 170 cm³/mol. The minimum absolute atomic E-state index is 0.0127. The number of phenols is 1. The monoisotopic (exact) mass is 599 g/mol. The highest BCUT2D eigenvalue weighted by Gasteiger charge is 2.48. The third kappa shape index (κ3) is 4.62. The number of aromatic nitrogens is 3. The van der Waals surface area contributed by atoms with Crippen LogP contribution < -0.4 is 9.64 Å². The second-order valence-corrected chi connectivity index (χ2v) is 14.2. The summed E-state index contributed by atoms with van der Waals surface area (Å²) in [7, 11) is 0. The summed E-state index contributed by atoms with van der Waals surface area (Å²) in [5.74, 6) is 2.20. The molecule has 43 heavy (non-hydrogen) atoms. The molecule has 3 aliphatic heterocycles. The van der Waals surface area contributed by atoms with Crippen LogP contribution in [0.2, 0.25) is 0 Å². The first-order valence-corrected chi connectivity index (χ1v) is 16.9. The van der Waals surface area contributed by atoms with Gasteiger partial charge < -0.3 is 14.7 Å². The zero-order chi connectivity index (χ0) is 29.3. The molecule has 0 amide bonds. The van der Waals surface area contributed by atoms with Crippen molar-refractivity contribution in [1.29, 1.82) is 0 Å². The van der Waals surface area contributed by atoms with Crippen LogP contribution in [0.4, 0.5) is 10.2 Å². The van der Waals surface area contributed by atoms with Gasteiger partial charge in [0.05, 0.1) is 10.9 Å². The topological polar surface area (TPSA) is 74.6 Å². The molecule has 4 fully saturated rings. The average molecular weight is 600 g/mol. The Bertz CT molecular complexity index is 1720. The van der Waals surface area contributed by atoms with Crippen LogP contribution in [-0.2, 0) is 0 Å². The number of ether oxygens (including phenoxy) is 1. The molecule has 2 aromatic carbocycles. The van der Waals surface area contributed by atoms with Gasteiger partial charge in [-0.3, -0.25) is 9.88 Å². The summed E-state index contributed by atoms with van der Waals surface area (Å²) in [5.41, 5.74) is 0.966. The molecule has 7 nitrogen and oxygen atoms in total. The van der Waals surface area contributed by atoms with E-state index in [0.717, 1.165) is 60.5 Å². The lowest BCUT2D eigenvalue weighted by Crippen LogP contribution is -2.43. The molecule has 4 atom stereocenters. The van der Waals surface area contributed by atoms with Crippen molar-refractivity contribution in [2.24, 2.45) is 17.8 Å². The van der Waals surface area contributed by atoms with Gasteiger partial charge in [0, 0.05) is 41.7 Å². The van der Waals surface area contributed by atoms with Crippen LogP contribution in [0.1, 0.15) is 45.4 Å². The second kappa shape index (κ2) is 10.5. The summed E-state index contributed by atoms with van der Waals surface area (Å²) in [6.45, 7) is 6.86. The lowest BCUT2D eigenvalue weighted by molar-refractivity contribution is 0.107. The number of halogens is 1. The lowest BCUT2D eigenvalue weighted by Gasteiger charge is -2.34. The lowest BCUT2D eigenvalue weighted by atomic mass is 9.92. The normalized spacial score (nSPS) is 27.0. The van der Waals surface area contributed by atoms with Crippen molar-refractivity contribution in [3.63, 3.8) is 0 Å². The van der Waals surface area contributed by atoms with Crippen molar-refractivity contribution in [2.75, 3.05) is 43.9 Å². The SMILES string of the molecule is CSc1cccc2cc(O)cc(-c3ncc4c(N5CC6CCC(C6)C5)nc(OC[C@@]56CCCN5C[C@H](C)C6)nc4c3F)c12. The molecule has 3 saturated heterocycles. The van der Waals surface area contributed by atoms with Crippen molar-refractivity contribution in [2.45, 2.75) is 55.9 Å². The van der Waals surface area contributed by atoms with E-state index < -0.39 is 5.82 Å². The number of hydrogen-bond acceptors (Lipinski definition) is 8. The number of thioether (sulfide) groups is 1. The molecule has 1 saturated carbocycles. The first kappa shape index (κ1) is 27.4. The molecule has 4 aliphatic rings. The summed E-state index contributed by atoms with van der Waals surface area (Å²) >= 11 is 1.59. The van der Waals surface area contributed by atoms with Crippen LogP contribution in [0.5, 0.6) is 11.8 Å². The van der Waals surface area contributed by atoms with Gasteiger partial charge in [-0.25, -0.2) is 4.39 Å². The maximum absolute atomic E-state index is 16.8. The van der Waals surface area contributed by atoms with Gasteiger partial charge in [0.1, 0.15) is 29.4 Å². The Morgan fingerprint density at radius 3 is 2.79 bits per heavy atom. The molecule has 2 unspecified atom stereocenters. The molecule has 4 aromatic rings. The van der Waals surface area contributed by atoms with Crippen LogP contribution in [0.3, 0.4) is 0 Å². The first-order valence-electron chi connectivity index (χ1n) is 15.7. The molecule has 1 N–H and O–H groups in total. The Morgan fingerprint density at radius 1 is 1.14 bits per heavy atom. The van der Waals surface area contributed by atoms with E-state index in [1.165, 1.54) is 25.7 Å². The average Bonchev–Trinajstić information content (AvgIpc) is 3.65. The number of benzene rings is 2. The number of nitrogens with zero attached hydrogens (tertiary/aromatic N) is 5. The van der Waals surface area contributed by atoms with E-state index in [9.17, 15) is 5.11 Å². The van der Waals surface area contributed by atoms with Crippen molar-refractivity contribution in [3.05, 3.63) is 42.3 Å². The zero-order valence-electron chi connectivity index (χ0n) is 24.9. The van der Waals surface area contributed by atoms with Crippen LogP contribution in [0.25, 0.3) is 32.9 Å². The van der Waals surface area contributed by atoms with Crippen LogP contribution in [0, 0.1) is 23.6 Å². The summed E-state index contributed by atoms with van der Waals surface area (Å²) in [5, 5.41) is 12.9. The van der Waals surface area contributed by atoms with Gasteiger partial charge in [-0.05, 0) is 92.7 Å². The molecule has 2 aromatic heterocycles. The van der Waals surface area contributed by atoms with Gasteiger partial charge in [0.25, 0.3) is 0 Å². The molecular formula is C34H38FN5O2S. The Hall–Kier alpha value is -3.17. The van der Waals surface area contributed by atoms with E-state index in [-0.39, 0.29) is 28.5 Å².